The van der Waals surface area contributed by atoms with Crippen LogP contribution in [0.3, 0.4) is 0 Å². The molecular formula is C17H11Cl2N5O3. The lowest BCUT2D eigenvalue weighted by molar-refractivity contribution is -0.384. The lowest BCUT2D eigenvalue weighted by Crippen LogP contribution is -2.18. The summed E-state index contributed by atoms with van der Waals surface area (Å²) < 4.78 is 0. The van der Waals surface area contributed by atoms with Gasteiger partial charge in [0, 0.05) is 23.3 Å². The molecule has 1 aromatic heterocycles. The van der Waals surface area contributed by atoms with E-state index in [2.05, 4.69) is 20.7 Å². The molecule has 8 nitrogen and oxygen atoms in total. The highest BCUT2D eigenvalue weighted by molar-refractivity contribution is 6.42. The number of nitro benzene ring substituents is 1. The van der Waals surface area contributed by atoms with Crippen molar-refractivity contribution in [3.8, 4) is 11.3 Å². The number of amides is 1. The van der Waals surface area contributed by atoms with Crippen molar-refractivity contribution in [3.05, 3.63) is 79.9 Å². The van der Waals surface area contributed by atoms with Crippen LogP contribution in [-0.2, 0) is 0 Å². The van der Waals surface area contributed by atoms with Crippen LogP contribution in [0.4, 0.5) is 5.69 Å². The number of hydrazone groups is 1. The molecule has 2 aromatic carbocycles. The number of nitro groups is 1. The van der Waals surface area contributed by atoms with Crippen LogP contribution in [0.1, 0.15) is 16.1 Å². The van der Waals surface area contributed by atoms with E-state index in [1.165, 1.54) is 30.5 Å². The third-order valence-corrected chi connectivity index (χ3v) is 4.24. The molecule has 136 valence electrons. The Kier molecular flexibility index (Phi) is 5.49. The number of hydrogen-bond acceptors (Lipinski definition) is 5. The molecule has 1 heterocycles. The summed E-state index contributed by atoms with van der Waals surface area (Å²) in [6, 6.07) is 12.4. The van der Waals surface area contributed by atoms with Crippen molar-refractivity contribution in [1.29, 1.82) is 0 Å². The first-order valence-electron chi connectivity index (χ1n) is 7.53. The molecule has 1 amide bonds. The van der Waals surface area contributed by atoms with Gasteiger partial charge in [-0.1, -0.05) is 41.4 Å². The number of hydrogen-bond donors (Lipinski definition) is 2. The molecule has 0 aliphatic carbocycles. The van der Waals surface area contributed by atoms with E-state index in [0.717, 1.165) is 0 Å². The Morgan fingerprint density at radius 2 is 2.00 bits per heavy atom. The number of aromatic nitrogens is 2. The first kappa shape index (κ1) is 18.6. The number of H-pyrrole nitrogens is 1. The number of aromatic amines is 1. The fourth-order valence-corrected chi connectivity index (χ4v) is 2.48. The molecule has 0 saturated heterocycles. The molecule has 0 bridgehead atoms. The van der Waals surface area contributed by atoms with E-state index in [1.54, 1.807) is 24.3 Å². The lowest BCUT2D eigenvalue weighted by Gasteiger charge is -1.99. The maximum absolute atomic E-state index is 12.1. The minimum Gasteiger partial charge on any atom is -0.272 e. The van der Waals surface area contributed by atoms with E-state index in [0.29, 0.717) is 26.9 Å². The van der Waals surface area contributed by atoms with Gasteiger partial charge in [0.15, 0.2) is 0 Å². The predicted molar refractivity (Wildman–Crippen MR) is 102 cm³/mol. The van der Waals surface area contributed by atoms with Gasteiger partial charge in [-0.25, -0.2) is 5.43 Å². The maximum atomic E-state index is 12.1. The van der Waals surface area contributed by atoms with Gasteiger partial charge in [0.25, 0.3) is 11.6 Å². The standard InChI is InChI=1S/C17H11Cl2N5O3/c18-13-5-4-11(7-14(13)19)15-8-16(22-21-15)17(25)23-20-9-10-2-1-3-12(6-10)24(26)27/h1-9H,(H,21,22)(H,23,25)/b20-9-. The van der Waals surface area contributed by atoms with Crippen LogP contribution in [0.2, 0.25) is 10.0 Å². The highest BCUT2D eigenvalue weighted by atomic mass is 35.5. The SMILES string of the molecule is O=C(N/N=C\c1cccc([N+](=O)[O-])c1)c1cc(-c2ccc(Cl)c(Cl)c2)n[nH]1. The van der Waals surface area contributed by atoms with E-state index in [-0.39, 0.29) is 11.4 Å². The van der Waals surface area contributed by atoms with Crippen molar-refractivity contribution in [2.45, 2.75) is 0 Å². The summed E-state index contributed by atoms with van der Waals surface area (Å²) in [6.45, 7) is 0. The largest absolute Gasteiger partial charge is 0.289 e. The smallest absolute Gasteiger partial charge is 0.272 e. The molecular weight excluding hydrogens is 393 g/mol. The van der Waals surface area contributed by atoms with Crippen molar-refractivity contribution in [2.75, 3.05) is 0 Å². The van der Waals surface area contributed by atoms with Crippen LogP contribution in [0.25, 0.3) is 11.3 Å². The third kappa shape index (κ3) is 4.49. The number of non-ortho nitro benzene ring substituents is 1. The number of nitrogens with zero attached hydrogens (tertiary/aromatic N) is 3. The fourth-order valence-electron chi connectivity index (χ4n) is 2.19. The van der Waals surface area contributed by atoms with Gasteiger partial charge in [-0.3, -0.25) is 20.0 Å². The highest BCUT2D eigenvalue weighted by Gasteiger charge is 2.11. The summed E-state index contributed by atoms with van der Waals surface area (Å²) in [5.41, 5.74) is 4.13. The Balaban J connectivity index is 1.68. The molecule has 0 fully saturated rings. The van der Waals surface area contributed by atoms with E-state index >= 15 is 0 Å². The summed E-state index contributed by atoms with van der Waals surface area (Å²) in [6.07, 6.45) is 1.31. The van der Waals surface area contributed by atoms with Crippen LogP contribution in [-0.4, -0.2) is 27.2 Å². The number of carbonyl (C=O) groups is 1. The first-order chi connectivity index (χ1) is 12.9. The van der Waals surface area contributed by atoms with Crippen LogP contribution in [0.15, 0.2) is 53.6 Å². The molecule has 3 rings (SSSR count). The molecule has 2 N–H and O–H groups in total. The summed E-state index contributed by atoms with van der Waals surface area (Å²) in [4.78, 5) is 22.4. The van der Waals surface area contributed by atoms with Crippen molar-refractivity contribution in [1.82, 2.24) is 15.6 Å². The Morgan fingerprint density at radius 1 is 1.19 bits per heavy atom. The zero-order valence-electron chi connectivity index (χ0n) is 13.5. The lowest BCUT2D eigenvalue weighted by atomic mass is 10.1. The normalized spacial score (nSPS) is 10.9. The monoisotopic (exact) mass is 403 g/mol. The second-order valence-corrected chi connectivity index (χ2v) is 6.16. The second kappa shape index (κ2) is 7.98. The average molecular weight is 404 g/mol. The zero-order valence-corrected chi connectivity index (χ0v) is 15.0. The van der Waals surface area contributed by atoms with E-state index in [1.807, 2.05) is 0 Å². The average Bonchev–Trinajstić information content (AvgIpc) is 3.14. The number of nitrogens with one attached hydrogen (secondary N) is 2. The van der Waals surface area contributed by atoms with Gasteiger partial charge in [0.2, 0.25) is 0 Å². The molecule has 10 heteroatoms. The minimum absolute atomic E-state index is 0.0647. The van der Waals surface area contributed by atoms with Crippen LogP contribution in [0.5, 0.6) is 0 Å². The third-order valence-electron chi connectivity index (χ3n) is 3.50. The molecule has 0 atom stereocenters. The van der Waals surface area contributed by atoms with Gasteiger partial charge in [0.05, 0.1) is 26.9 Å². The van der Waals surface area contributed by atoms with E-state index in [4.69, 9.17) is 23.2 Å². The molecule has 3 aromatic rings. The van der Waals surface area contributed by atoms with E-state index in [9.17, 15) is 14.9 Å². The topological polar surface area (TPSA) is 113 Å². The summed E-state index contributed by atoms with van der Waals surface area (Å²) >= 11 is 11.9. The van der Waals surface area contributed by atoms with Crippen molar-refractivity contribution in [3.63, 3.8) is 0 Å². The molecule has 0 unspecified atom stereocenters. The van der Waals surface area contributed by atoms with Crippen molar-refractivity contribution in [2.24, 2.45) is 5.10 Å². The van der Waals surface area contributed by atoms with Gasteiger partial charge in [0.1, 0.15) is 5.69 Å². The molecule has 0 aliphatic rings. The fraction of sp³-hybridized carbons (Fsp3) is 0. The van der Waals surface area contributed by atoms with Crippen molar-refractivity contribution >= 4 is 41.0 Å². The van der Waals surface area contributed by atoms with E-state index < -0.39 is 10.8 Å². The minimum atomic E-state index is -0.518. The molecule has 0 aliphatic heterocycles. The quantitative estimate of drug-likeness (QED) is 0.379. The number of rotatable bonds is 5. The molecule has 0 radical (unpaired) electrons. The van der Waals surface area contributed by atoms with Crippen LogP contribution < -0.4 is 5.43 Å². The summed E-state index contributed by atoms with van der Waals surface area (Å²) in [7, 11) is 0. The van der Waals surface area contributed by atoms with Gasteiger partial charge in [-0.2, -0.15) is 10.2 Å². The van der Waals surface area contributed by atoms with Crippen molar-refractivity contribution < 1.29 is 9.72 Å². The van der Waals surface area contributed by atoms with Crippen LogP contribution in [0, 0.1) is 10.1 Å². The number of carbonyl (C=O) groups excluding carboxylic acids is 1. The molecule has 0 saturated carbocycles. The number of benzene rings is 2. The highest BCUT2D eigenvalue weighted by Crippen LogP contribution is 2.27. The Hall–Kier alpha value is -3.23. The van der Waals surface area contributed by atoms with Gasteiger partial charge >= 0.3 is 0 Å². The Labute approximate surface area is 163 Å². The summed E-state index contributed by atoms with van der Waals surface area (Å²) in [5.74, 6) is -0.518. The Bertz CT molecular complexity index is 1050. The summed E-state index contributed by atoms with van der Waals surface area (Å²) in [5, 5.41) is 22.0. The van der Waals surface area contributed by atoms with Gasteiger partial charge in [-0.05, 0) is 18.2 Å². The van der Waals surface area contributed by atoms with Gasteiger partial charge in [-0.15, -0.1) is 0 Å². The predicted octanol–water partition coefficient (Wildman–Crippen LogP) is 4.06. The first-order valence-corrected chi connectivity index (χ1v) is 8.28. The Morgan fingerprint density at radius 3 is 2.74 bits per heavy atom. The van der Waals surface area contributed by atoms with Gasteiger partial charge < -0.3 is 0 Å². The molecule has 0 spiro atoms. The zero-order chi connectivity index (χ0) is 19.4. The maximum Gasteiger partial charge on any atom is 0.289 e. The second-order valence-electron chi connectivity index (χ2n) is 5.35. The van der Waals surface area contributed by atoms with Crippen LogP contribution >= 0.6 is 23.2 Å². The molecule has 27 heavy (non-hydrogen) atoms. The number of halogens is 2.